The Morgan fingerprint density at radius 1 is 1.04 bits per heavy atom. The van der Waals surface area contributed by atoms with E-state index in [0.717, 1.165) is 5.56 Å². The molecule has 3 amide bonds. The summed E-state index contributed by atoms with van der Waals surface area (Å²) in [6, 6.07) is 12.1. The molecular weight excluding hydrogens is 368 g/mol. The van der Waals surface area contributed by atoms with Crippen molar-refractivity contribution in [2.24, 2.45) is 5.73 Å². The number of benzene rings is 2. The van der Waals surface area contributed by atoms with Gasteiger partial charge >= 0.3 is 5.69 Å². The second-order valence-corrected chi connectivity index (χ2v) is 5.64. The lowest BCUT2D eigenvalue weighted by Crippen LogP contribution is -2.33. The van der Waals surface area contributed by atoms with Crippen molar-refractivity contribution in [1.82, 2.24) is 10.6 Å². The van der Waals surface area contributed by atoms with E-state index >= 15 is 0 Å². The normalized spacial score (nSPS) is 10.0. The number of hydrogen-bond donors (Lipinski definition) is 3. The zero-order valence-electron chi connectivity index (χ0n) is 14.7. The monoisotopic (exact) mass is 386 g/mol. The van der Waals surface area contributed by atoms with E-state index < -0.39 is 22.6 Å². The molecule has 0 bridgehead atoms. The lowest BCUT2D eigenvalue weighted by Gasteiger charge is -2.08. The summed E-state index contributed by atoms with van der Waals surface area (Å²) in [4.78, 5) is 44.6. The van der Waals surface area contributed by atoms with Gasteiger partial charge in [0.25, 0.3) is 11.8 Å². The molecule has 0 aromatic heterocycles. The minimum Gasteiger partial charge on any atom is -0.477 e. The Hall–Kier alpha value is -3.95. The molecule has 0 atom stereocenters. The van der Waals surface area contributed by atoms with Gasteiger partial charge in [0.05, 0.1) is 11.5 Å². The number of nitrogens with one attached hydrogen (secondary N) is 2. The summed E-state index contributed by atoms with van der Waals surface area (Å²) in [5.41, 5.74) is 5.81. The summed E-state index contributed by atoms with van der Waals surface area (Å²) < 4.78 is 5.20. The molecule has 2 rings (SSSR count). The maximum absolute atomic E-state index is 11.9. The molecule has 28 heavy (non-hydrogen) atoms. The first-order chi connectivity index (χ1) is 13.4. The first-order valence-corrected chi connectivity index (χ1v) is 8.15. The van der Waals surface area contributed by atoms with Crippen LogP contribution in [0.1, 0.15) is 15.9 Å². The number of carbonyl (C=O) groups is 3. The summed E-state index contributed by atoms with van der Waals surface area (Å²) in [6.45, 7) is -0.447. The summed E-state index contributed by atoms with van der Waals surface area (Å²) in [7, 11) is 0. The number of carbonyl (C=O) groups excluding carboxylic acids is 3. The molecule has 0 heterocycles. The van der Waals surface area contributed by atoms with E-state index in [2.05, 4.69) is 10.6 Å². The summed E-state index contributed by atoms with van der Waals surface area (Å²) >= 11 is 0. The largest absolute Gasteiger partial charge is 0.477 e. The van der Waals surface area contributed by atoms with Gasteiger partial charge in [-0.05, 0) is 23.8 Å². The fourth-order valence-corrected chi connectivity index (χ4v) is 2.17. The molecule has 0 aliphatic carbocycles. The number of amides is 3. The molecule has 0 aliphatic rings. The van der Waals surface area contributed by atoms with Crippen LogP contribution in [0.4, 0.5) is 5.69 Å². The van der Waals surface area contributed by atoms with Gasteiger partial charge in [0, 0.05) is 18.2 Å². The van der Waals surface area contributed by atoms with Gasteiger partial charge < -0.3 is 21.1 Å². The SMILES string of the molecule is NC(=O)CNC(=O)c1ccc(CNC(=O)COc2ccccc2[N+](=O)[O-])cc1. The van der Waals surface area contributed by atoms with Crippen molar-refractivity contribution in [2.75, 3.05) is 13.2 Å². The maximum Gasteiger partial charge on any atom is 0.310 e. The predicted molar refractivity (Wildman–Crippen MR) is 98.4 cm³/mol. The molecule has 10 heteroatoms. The van der Waals surface area contributed by atoms with Crippen LogP contribution >= 0.6 is 0 Å². The Balaban J connectivity index is 1.82. The predicted octanol–water partition coefficient (Wildman–Crippen LogP) is 0.505. The van der Waals surface area contributed by atoms with Gasteiger partial charge in [-0.2, -0.15) is 0 Å². The minimum absolute atomic E-state index is 0.00831. The second-order valence-electron chi connectivity index (χ2n) is 5.64. The van der Waals surface area contributed by atoms with Crippen molar-refractivity contribution in [3.8, 4) is 5.75 Å². The molecule has 2 aromatic carbocycles. The standard InChI is InChI=1S/C18H18N4O6/c19-16(23)10-21-18(25)13-7-5-12(6-8-13)9-20-17(24)11-28-15-4-2-1-3-14(15)22(26)27/h1-8H,9-11H2,(H2,19,23)(H,20,24)(H,21,25). The maximum atomic E-state index is 11.9. The number of primary amides is 1. The van der Waals surface area contributed by atoms with Crippen molar-refractivity contribution in [3.05, 3.63) is 69.8 Å². The number of para-hydroxylation sites is 2. The molecule has 0 fully saturated rings. The second kappa shape index (κ2) is 9.67. The van der Waals surface area contributed by atoms with Crippen molar-refractivity contribution < 1.29 is 24.0 Å². The van der Waals surface area contributed by atoms with Gasteiger partial charge in [0.15, 0.2) is 12.4 Å². The lowest BCUT2D eigenvalue weighted by molar-refractivity contribution is -0.385. The molecule has 4 N–H and O–H groups in total. The van der Waals surface area contributed by atoms with Gasteiger partial charge in [-0.1, -0.05) is 24.3 Å². The van der Waals surface area contributed by atoms with Crippen LogP contribution in [0.15, 0.2) is 48.5 Å². The fourth-order valence-electron chi connectivity index (χ4n) is 2.17. The molecular formula is C18H18N4O6. The Bertz CT molecular complexity index is 882. The van der Waals surface area contributed by atoms with Gasteiger partial charge in [-0.25, -0.2) is 0 Å². The molecule has 0 saturated heterocycles. The molecule has 0 aliphatic heterocycles. The highest BCUT2D eigenvalue weighted by atomic mass is 16.6. The number of nitro groups is 1. The van der Waals surface area contributed by atoms with Crippen LogP contribution in [0, 0.1) is 10.1 Å². The average Bonchev–Trinajstić information content (AvgIpc) is 2.69. The zero-order valence-corrected chi connectivity index (χ0v) is 14.7. The van der Waals surface area contributed by atoms with Crippen LogP contribution in [0.2, 0.25) is 0 Å². The third-order valence-corrected chi connectivity index (χ3v) is 3.55. The molecule has 2 aromatic rings. The molecule has 0 saturated carbocycles. The number of rotatable bonds is 9. The Morgan fingerprint density at radius 3 is 2.36 bits per heavy atom. The summed E-state index contributed by atoms with van der Waals surface area (Å²) in [5, 5.41) is 15.9. The van der Waals surface area contributed by atoms with E-state index in [1.165, 1.54) is 18.2 Å². The van der Waals surface area contributed by atoms with E-state index in [-0.39, 0.29) is 31.1 Å². The van der Waals surface area contributed by atoms with Crippen LogP contribution in [0.25, 0.3) is 0 Å². The molecule has 146 valence electrons. The third kappa shape index (κ3) is 6.09. The van der Waals surface area contributed by atoms with Crippen molar-refractivity contribution in [3.63, 3.8) is 0 Å². The topological polar surface area (TPSA) is 154 Å². The van der Waals surface area contributed by atoms with E-state index in [0.29, 0.717) is 5.56 Å². The Labute approximate surface area is 159 Å². The summed E-state index contributed by atoms with van der Waals surface area (Å²) in [5.74, 6) is -1.53. The number of nitrogens with zero attached hydrogens (tertiary/aromatic N) is 1. The van der Waals surface area contributed by atoms with Crippen LogP contribution in [0.5, 0.6) is 5.75 Å². The number of nitro benzene ring substituents is 1. The van der Waals surface area contributed by atoms with Crippen LogP contribution in [0.3, 0.4) is 0 Å². The first-order valence-electron chi connectivity index (χ1n) is 8.15. The van der Waals surface area contributed by atoms with E-state index in [9.17, 15) is 24.5 Å². The Kier molecular flexibility index (Phi) is 7.03. The van der Waals surface area contributed by atoms with Gasteiger partial charge in [-0.3, -0.25) is 24.5 Å². The molecule has 0 radical (unpaired) electrons. The highest BCUT2D eigenvalue weighted by Crippen LogP contribution is 2.25. The van der Waals surface area contributed by atoms with E-state index in [1.807, 2.05) is 0 Å². The van der Waals surface area contributed by atoms with Crippen LogP contribution in [-0.4, -0.2) is 35.8 Å². The smallest absolute Gasteiger partial charge is 0.310 e. The third-order valence-electron chi connectivity index (χ3n) is 3.55. The summed E-state index contributed by atoms with van der Waals surface area (Å²) in [6.07, 6.45) is 0. The fraction of sp³-hybridized carbons (Fsp3) is 0.167. The van der Waals surface area contributed by atoms with Gasteiger partial charge in [0.1, 0.15) is 0 Å². The number of ether oxygens (including phenoxy) is 1. The average molecular weight is 386 g/mol. The number of hydrogen-bond acceptors (Lipinski definition) is 6. The van der Waals surface area contributed by atoms with Crippen molar-refractivity contribution in [1.29, 1.82) is 0 Å². The van der Waals surface area contributed by atoms with E-state index in [1.54, 1.807) is 30.3 Å². The van der Waals surface area contributed by atoms with Crippen molar-refractivity contribution >= 4 is 23.4 Å². The zero-order chi connectivity index (χ0) is 20.5. The highest BCUT2D eigenvalue weighted by molar-refractivity contribution is 5.96. The first kappa shape index (κ1) is 20.4. The minimum atomic E-state index is -0.643. The van der Waals surface area contributed by atoms with Crippen LogP contribution < -0.4 is 21.1 Å². The van der Waals surface area contributed by atoms with Crippen molar-refractivity contribution in [2.45, 2.75) is 6.54 Å². The highest BCUT2D eigenvalue weighted by Gasteiger charge is 2.14. The van der Waals surface area contributed by atoms with Gasteiger partial charge in [0.2, 0.25) is 5.91 Å². The Morgan fingerprint density at radius 2 is 1.71 bits per heavy atom. The molecule has 10 nitrogen and oxygen atoms in total. The van der Waals surface area contributed by atoms with Gasteiger partial charge in [-0.15, -0.1) is 0 Å². The van der Waals surface area contributed by atoms with Crippen LogP contribution in [-0.2, 0) is 16.1 Å². The molecule has 0 unspecified atom stereocenters. The number of nitrogens with two attached hydrogens (primary N) is 1. The quantitative estimate of drug-likeness (QED) is 0.421. The van der Waals surface area contributed by atoms with E-state index in [4.69, 9.17) is 10.5 Å². The lowest BCUT2D eigenvalue weighted by atomic mass is 10.1. The molecule has 0 spiro atoms.